The van der Waals surface area contributed by atoms with Gasteiger partial charge in [-0.15, -0.1) is 17.9 Å². The second-order valence-corrected chi connectivity index (χ2v) is 8.22. The Labute approximate surface area is 177 Å². The molecule has 0 radical (unpaired) electrons. The lowest BCUT2D eigenvalue weighted by atomic mass is 10.1. The van der Waals surface area contributed by atoms with Gasteiger partial charge < -0.3 is 4.74 Å². The van der Waals surface area contributed by atoms with Gasteiger partial charge in [0.05, 0.1) is 12.0 Å². The number of thiophene rings is 1. The average molecular weight is 421 g/mol. The van der Waals surface area contributed by atoms with E-state index in [2.05, 4.69) is 6.58 Å². The molecule has 0 amide bonds. The van der Waals surface area contributed by atoms with Crippen molar-refractivity contribution in [1.82, 2.24) is 9.55 Å². The van der Waals surface area contributed by atoms with Crippen LogP contribution in [-0.4, -0.2) is 21.9 Å². The SMILES string of the molecule is C=CCn1c(SCCOc2ccccc2)nc2scc(-c3ccccc3)c2c1=O. The molecule has 2 heterocycles. The van der Waals surface area contributed by atoms with Gasteiger partial charge in [0, 0.05) is 23.2 Å². The van der Waals surface area contributed by atoms with Crippen LogP contribution >= 0.6 is 23.1 Å². The van der Waals surface area contributed by atoms with Crippen molar-refractivity contribution in [3.05, 3.63) is 89.1 Å². The Kier molecular flexibility index (Phi) is 6.12. The number of hydrogen-bond donors (Lipinski definition) is 0. The standard InChI is InChI=1S/C23H20N2O2S2/c1-2-13-25-22(26)20-19(17-9-5-3-6-10-17)16-29-21(20)24-23(25)28-15-14-27-18-11-7-4-8-12-18/h2-12,16H,1,13-15H2. The number of rotatable bonds is 8. The summed E-state index contributed by atoms with van der Waals surface area (Å²) in [6.07, 6.45) is 1.73. The summed E-state index contributed by atoms with van der Waals surface area (Å²) >= 11 is 3.03. The van der Waals surface area contributed by atoms with Crippen LogP contribution in [0.25, 0.3) is 21.3 Å². The van der Waals surface area contributed by atoms with Crippen molar-refractivity contribution < 1.29 is 4.74 Å². The minimum Gasteiger partial charge on any atom is -0.493 e. The number of aromatic nitrogens is 2. The van der Waals surface area contributed by atoms with Gasteiger partial charge in [-0.1, -0.05) is 66.4 Å². The van der Waals surface area contributed by atoms with Gasteiger partial charge in [-0.2, -0.15) is 0 Å². The van der Waals surface area contributed by atoms with Crippen molar-refractivity contribution in [3.63, 3.8) is 0 Å². The lowest BCUT2D eigenvalue weighted by Gasteiger charge is -2.11. The van der Waals surface area contributed by atoms with Crippen LogP contribution in [0.3, 0.4) is 0 Å². The van der Waals surface area contributed by atoms with Crippen molar-refractivity contribution in [2.24, 2.45) is 0 Å². The highest BCUT2D eigenvalue weighted by molar-refractivity contribution is 7.99. The van der Waals surface area contributed by atoms with Gasteiger partial charge in [-0.3, -0.25) is 9.36 Å². The smallest absolute Gasteiger partial charge is 0.263 e. The summed E-state index contributed by atoms with van der Waals surface area (Å²) in [5.74, 6) is 1.53. The van der Waals surface area contributed by atoms with Gasteiger partial charge in [0.1, 0.15) is 10.6 Å². The highest BCUT2D eigenvalue weighted by atomic mass is 32.2. The van der Waals surface area contributed by atoms with Crippen molar-refractivity contribution in [2.45, 2.75) is 11.7 Å². The molecule has 4 rings (SSSR count). The van der Waals surface area contributed by atoms with E-state index in [0.29, 0.717) is 29.4 Å². The number of ether oxygens (including phenoxy) is 1. The maximum absolute atomic E-state index is 13.3. The van der Waals surface area contributed by atoms with E-state index in [1.807, 2.05) is 66.0 Å². The quantitative estimate of drug-likeness (QED) is 0.164. The molecule has 6 heteroatoms. The molecule has 0 saturated carbocycles. The predicted octanol–water partition coefficient (Wildman–Crippen LogP) is 5.48. The minimum atomic E-state index is -0.0264. The third-order valence-electron chi connectivity index (χ3n) is 4.38. The van der Waals surface area contributed by atoms with Gasteiger partial charge in [-0.05, 0) is 17.7 Å². The van der Waals surface area contributed by atoms with E-state index < -0.39 is 0 Å². The Bertz CT molecular complexity index is 1170. The zero-order chi connectivity index (χ0) is 20.1. The summed E-state index contributed by atoms with van der Waals surface area (Å²) in [6, 6.07) is 19.7. The number of allylic oxidation sites excluding steroid dienone is 1. The van der Waals surface area contributed by atoms with Crippen LogP contribution in [-0.2, 0) is 6.54 Å². The zero-order valence-electron chi connectivity index (χ0n) is 15.8. The molecule has 0 bridgehead atoms. The maximum atomic E-state index is 13.3. The molecule has 0 atom stereocenters. The maximum Gasteiger partial charge on any atom is 0.263 e. The van der Waals surface area contributed by atoms with Crippen LogP contribution in [0.15, 0.2) is 88.6 Å². The second-order valence-electron chi connectivity index (χ2n) is 6.30. The minimum absolute atomic E-state index is 0.0264. The molecule has 0 aliphatic carbocycles. The van der Waals surface area contributed by atoms with E-state index in [9.17, 15) is 4.79 Å². The number of benzene rings is 2. The molecule has 0 aliphatic heterocycles. The lowest BCUT2D eigenvalue weighted by Crippen LogP contribution is -2.22. The number of hydrogen-bond acceptors (Lipinski definition) is 5. The summed E-state index contributed by atoms with van der Waals surface area (Å²) in [5, 5.41) is 3.38. The summed E-state index contributed by atoms with van der Waals surface area (Å²) < 4.78 is 7.45. The molecule has 0 N–H and O–H groups in total. The van der Waals surface area contributed by atoms with Gasteiger partial charge >= 0.3 is 0 Å². The summed E-state index contributed by atoms with van der Waals surface area (Å²) in [4.78, 5) is 18.8. The fourth-order valence-electron chi connectivity index (χ4n) is 3.05. The Balaban J connectivity index is 1.61. The summed E-state index contributed by atoms with van der Waals surface area (Å²) in [6.45, 7) is 4.77. The Morgan fingerprint density at radius 1 is 1.10 bits per heavy atom. The Morgan fingerprint density at radius 2 is 1.83 bits per heavy atom. The van der Waals surface area contributed by atoms with E-state index in [0.717, 1.165) is 21.7 Å². The molecule has 0 unspecified atom stereocenters. The summed E-state index contributed by atoms with van der Waals surface area (Å²) in [5.41, 5.74) is 1.94. The van der Waals surface area contributed by atoms with Gasteiger partial charge in [0.25, 0.3) is 5.56 Å². The zero-order valence-corrected chi connectivity index (χ0v) is 17.4. The third-order valence-corrected chi connectivity index (χ3v) is 6.19. The number of nitrogens with zero attached hydrogens (tertiary/aromatic N) is 2. The van der Waals surface area contributed by atoms with Crippen LogP contribution in [0.2, 0.25) is 0 Å². The highest BCUT2D eigenvalue weighted by Crippen LogP contribution is 2.32. The largest absolute Gasteiger partial charge is 0.493 e. The molecule has 0 spiro atoms. The first kappa shape index (κ1) is 19.5. The topological polar surface area (TPSA) is 44.1 Å². The molecular weight excluding hydrogens is 400 g/mol. The molecule has 0 fully saturated rings. The fraction of sp³-hybridized carbons (Fsp3) is 0.130. The van der Waals surface area contributed by atoms with Crippen molar-refractivity contribution in [1.29, 1.82) is 0 Å². The van der Waals surface area contributed by atoms with Crippen LogP contribution < -0.4 is 10.3 Å². The molecule has 4 aromatic rings. The first-order chi connectivity index (χ1) is 14.3. The van der Waals surface area contributed by atoms with E-state index in [1.165, 1.54) is 23.1 Å². The lowest BCUT2D eigenvalue weighted by molar-refractivity contribution is 0.344. The third kappa shape index (κ3) is 4.28. The monoisotopic (exact) mass is 420 g/mol. The average Bonchev–Trinajstić information content (AvgIpc) is 3.19. The molecular formula is C23H20N2O2S2. The van der Waals surface area contributed by atoms with Crippen molar-refractivity contribution in [2.75, 3.05) is 12.4 Å². The van der Waals surface area contributed by atoms with Crippen molar-refractivity contribution >= 4 is 33.3 Å². The molecule has 146 valence electrons. The first-order valence-corrected chi connectivity index (χ1v) is 11.1. The van der Waals surface area contributed by atoms with Crippen LogP contribution in [0, 0.1) is 0 Å². The van der Waals surface area contributed by atoms with Gasteiger partial charge in [-0.25, -0.2) is 4.98 Å². The van der Waals surface area contributed by atoms with Crippen LogP contribution in [0.1, 0.15) is 0 Å². The highest BCUT2D eigenvalue weighted by Gasteiger charge is 2.16. The van der Waals surface area contributed by atoms with Crippen molar-refractivity contribution in [3.8, 4) is 16.9 Å². The Hall–Kier alpha value is -2.83. The van der Waals surface area contributed by atoms with E-state index >= 15 is 0 Å². The second kappa shape index (κ2) is 9.11. The first-order valence-electron chi connectivity index (χ1n) is 9.27. The number of thioether (sulfide) groups is 1. The molecule has 29 heavy (non-hydrogen) atoms. The summed E-state index contributed by atoms with van der Waals surface area (Å²) in [7, 11) is 0. The molecule has 0 aliphatic rings. The molecule has 2 aromatic carbocycles. The Morgan fingerprint density at radius 3 is 2.55 bits per heavy atom. The van der Waals surface area contributed by atoms with Gasteiger partial charge in [0.15, 0.2) is 5.16 Å². The molecule has 2 aromatic heterocycles. The van der Waals surface area contributed by atoms with E-state index in [-0.39, 0.29) is 5.56 Å². The van der Waals surface area contributed by atoms with Gasteiger partial charge in [0.2, 0.25) is 0 Å². The van der Waals surface area contributed by atoms with E-state index in [1.54, 1.807) is 10.6 Å². The predicted molar refractivity (Wildman–Crippen MR) is 122 cm³/mol. The fourth-order valence-corrected chi connectivity index (χ4v) is 4.86. The van der Waals surface area contributed by atoms with E-state index in [4.69, 9.17) is 9.72 Å². The van der Waals surface area contributed by atoms with Crippen LogP contribution in [0.5, 0.6) is 5.75 Å². The number of para-hydroxylation sites is 1. The molecule has 4 nitrogen and oxygen atoms in total. The van der Waals surface area contributed by atoms with Crippen LogP contribution in [0.4, 0.5) is 0 Å². The number of fused-ring (bicyclic) bond motifs is 1. The molecule has 0 saturated heterocycles. The normalized spacial score (nSPS) is 10.9.